The molecule has 146 valence electrons. The zero-order chi connectivity index (χ0) is 20.2. The number of nitrogens with zero attached hydrogens (tertiary/aromatic N) is 6. The molecule has 0 saturated heterocycles. The molecule has 1 N–H and O–H groups in total. The highest BCUT2D eigenvalue weighted by molar-refractivity contribution is 5.91. The lowest BCUT2D eigenvalue weighted by Gasteiger charge is -2.07. The highest BCUT2D eigenvalue weighted by Crippen LogP contribution is 2.08. The van der Waals surface area contributed by atoms with Crippen LogP contribution in [0.5, 0.6) is 0 Å². The van der Waals surface area contributed by atoms with E-state index in [-0.39, 0.29) is 36.1 Å². The van der Waals surface area contributed by atoms with Gasteiger partial charge in [0.25, 0.3) is 11.5 Å². The summed E-state index contributed by atoms with van der Waals surface area (Å²) in [5.74, 6) is -0.707. The van der Waals surface area contributed by atoms with E-state index in [9.17, 15) is 14.0 Å². The van der Waals surface area contributed by atoms with Crippen molar-refractivity contribution in [3.8, 4) is 0 Å². The quantitative estimate of drug-likeness (QED) is 0.524. The van der Waals surface area contributed by atoms with Gasteiger partial charge in [-0.25, -0.2) is 19.0 Å². The van der Waals surface area contributed by atoms with Gasteiger partial charge in [0, 0.05) is 18.9 Å². The summed E-state index contributed by atoms with van der Waals surface area (Å²) in [6.45, 7) is 0.814. The van der Waals surface area contributed by atoms with Crippen LogP contribution in [0.1, 0.15) is 16.1 Å². The number of hydrogen-bond donors (Lipinski definition) is 1. The molecule has 0 aliphatic rings. The van der Waals surface area contributed by atoms with Gasteiger partial charge in [-0.2, -0.15) is 5.10 Å². The molecule has 0 fully saturated rings. The first-order valence-corrected chi connectivity index (χ1v) is 8.81. The number of amides is 1. The number of rotatable bonds is 6. The second kappa shape index (κ2) is 7.97. The fourth-order valence-electron chi connectivity index (χ4n) is 2.89. The molecule has 0 bridgehead atoms. The maximum Gasteiger partial charge on any atom is 0.271 e. The van der Waals surface area contributed by atoms with Gasteiger partial charge in [-0.3, -0.25) is 19.1 Å². The lowest BCUT2D eigenvalue weighted by Crippen LogP contribution is -2.28. The third-order valence-electron chi connectivity index (χ3n) is 4.27. The molecule has 4 aromatic rings. The number of nitrogens with one attached hydrogen (secondary N) is 1. The standard InChI is InChI=1S/C19H16FN7O2/c20-14-3-1-2-13(8-14)11-26-12-24-17-15(19(26)29)9-25-27(17)7-6-23-18(28)16-10-21-4-5-22-16/h1-5,8-10,12H,6-7,11H2,(H,23,28). The molecular formula is C19H16FN7O2. The van der Waals surface area contributed by atoms with E-state index in [0.717, 1.165) is 0 Å². The van der Waals surface area contributed by atoms with Gasteiger partial charge in [-0.15, -0.1) is 0 Å². The fraction of sp³-hybridized carbons (Fsp3) is 0.158. The first-order chi connectivity index (χ1) is 14.1. The molecule has 0 radical (unpaired) electrons. The van der Waals surface area contributed by atoms with Gasteiger partial charge in [-0.05, 0) is 17.7 Å². The molecule has 3 heterocycles. The molecule has 10 heteroatoms. The summed E-state index contributed by atoms with van der Waals surface area (Å²) in [5, 5.41) is 7.26. The SMILES string of the molecule is O=C(NCCn1ncc2c(=O)n(Cc3cccc(F)c3)cnc21)c1cnccn1. The van der Waals surface area contributed by atoms with Gasteiger partial charge in [0.2, 0.25) is 0 Å². The monoisotopic (exact) mass is 393 g/mol. The van der Waals surface area contributed by atoms with Gasteiger partial charge in [-0.1, -0.05) is 12.1 Å². The second-order valence-corrected chi connectivity index (χ2v) is 6.26. The molecule has 9 nitrogen and oxygen atoms in total. The minimum Gasteiger partial charge on any atom is -0.349 e. The molecule has 1 amide bonds. The van der Waals surface area contributed by atoms with Crippen LogP contribution in [0.3, 0.4) is 0 Å². The average Bonchev–Trinajstić information content (AvgIpc) is 3.14. The molecule has 29 heavy (non-hydrogen) atoms. The predicted molar refractivity (Wildman–Crippen MR) is 102 cm³/mol. The Morgan fingerprint density at radius 1 is 1.17 bits per heavy atom. The smallest absolute Gasteiger partial charge is 0.271 e. The first kappa shape index (κ1) is 18.4. The average molecular weight is 393 g/mol. The zero-order valence-electron chi connectivity index (χ0n) is 15.2. The Kier molecular flexibility index (Phi) is 5.06. The number of hydrogen-bond acceptors (Lipinski definition) is 6. The minimum absolute atomic E-state index is 0.207. The van der Waals surface area contributed by atoms with Crippen molar-refractivity contribution < 1.29 is 9.18 Å². The molecule has 4 rings (SSSR count). The van der Waals surface area contributed by atoms with Crippen LogP contribution in [0.25, 0.3) is 11.0 Å². The predicted octanol–water partition coefficient (Wildman–Crippen LogP) is 1.00. The summed E-state index contributed by atoms with van der Waals surface area (Å²) < 4.78 is 16.3. The maximum absolute atomic E-state index is 13.4. The van der Waals surface area contributed by atoms with Crippen molar-refractivity contribution in [2.45, 2.75) is 13.1 Å². The fourth-order valence-corrected chi connectivity index (χ4v) is 2.89. The van der Waals surface area contributed by atoms with Gasteiger partial charge < -0.3 is 5.32 Å². The Balaban J connectivity index is 1.47. The van der Waals surface area contributed by atoms with Crippen molar-refractivity contribution in [3.63, 3.8) is 0 Å². The molecule has 0 aliphatic heterocycles. The van der Waals surface area contributed by atoms with Gasteiger partial charge >= 0.3 is 0 Å². The molecule has 3 aromatic heterocycles. The molecule has 0 aliphatic carbocycles. The van der Waals surface area contributed by atoms with E-state index < -0.39 is 0 Å². The van der Waals surface area contributed by atoms with Gasteiger partial charge in [0.1, 0.15) is 23.2 Å². The number of carbonyl (C=O) groups is 1. The molecule has 0 atom stereocenters. The van der Waals surface area contributed by atoms with Crippen LogP contribution in [0.15, 0.2) is 60.2 Å². The van der Waals surface area contributed by atoms with Crippen molar-refractivity contribution in [1.82, 2.24) is 34.6 Å². The van der Waals surface area contributed by atoms with E-state index >= 15 is 0 Å². The second-order valence-electron chi connectivity index (χ2n) is 6.26. The normalized spacial score (nSPS) is 10.9. The van der Waals surface area contributed by atoms with E-state index in [1.165, 1.54) is 47.8 Å². The third kappa shape index (κ3) is 4.00. The lowest BCUT2D eigenvalue weighted by atomic mass is 10.2. The largest absolute Gasteiger partial charge is 0.349 e. The van der Waals surface area contributed by atoms with Crippen LogP contribution in [0.2, 0.25) is 0 Å². The van der Waals surface area contributed by atoms with E-state index in [1.807, 2.05) is 0 Å². The highest BCUT2D eigenvalue weighted by Gasteiger charge is 2.12. The number of aromatic nitrogens is 6. The third-order valence-corrected chi connectivity index (χ3v) is 4.27. The van der Waals surface area contributed by atoms with Gasteiger partial charge in [0.15, 0.2) is 5.65 Å². The molecule has 1 aromatic carbocycles. The molecule has 0 spiro atoms. The van der Waals surface area contributed by atoms with E-state index in [0.29, 0.717) is 23.1 Å². The summed E-state index contributed by atoms with van der Waals surface area (Å²) in [4.78, 5) is 36.8. The number of halogens is 1. The summed E-state index contributed by atoms with van der Waals surface area (Å²) in [5.41, 5.74) is 1.02. The lowest BCUT2D eigenvalue weighted by molar-refractivity contribution is 0.0946. The van der Waals surface area contributed by atoms with Crippen LogP contribution in [0.4, 0.5) is 4.39 Å². The van der Waals surface area contributed by atoms with Crippen LogP contribution in [-0.2, 0) is 13.1 Å². The first-order valence-electron chi connectivity index (χ1n) is 8.81. The van der Waals surface area contributed by atoms with Crippen molar-refractivity contribution in [1.29, 1.82) is 0 Å². The topological polar surface area (TPSA) is 108 Å². The summed E-state index contributed by atoms with van der Waals surface area (Å²) >= 11 is 0. The Hall–Kier alpha value is -3.95. The highest BCUT2D eigenvalue weighted by atomic mass is 19.1. The Morgan fingerprint density at radius 2 is 2.07 bits per heavy atom. The van der Waals surface area contributed by atoms with Crippen molar-refractivity contribution >= 4 is 16.9 Å². The van der Waals surface area contributed by atoms with Crippen molar-refractivity contribution in [2.24, 2.45) is 0 Å². The Labute approximate surface area is 163 Å². The van der Waals surface area contributed by atoms with Crippen LogP contribution < -0.4 is 10.9 Å². The van der Waals surface area contributed by atoms with Crippen LogP contribution in [0, 0.1) is 5.82 Å². The Morgan fingerprint density at radius 3 is 2.86 bits per heavy atom. The molecular weight excluding hydrogens is 377 g/mol. The van der Waals surface area contributed by atoms with E-state index in [4.69, 9.17) is 0 Å². The molecule has 0 unspecified atom stereocenters. The van der Waals surface area contributed by atoms with E-state index in [2.05, 4.69) is 25.4 Å². The number of fused-ring (bicyclic) bond motifs is 1. The molecule has 0 saturated carbocycles. The van der Waals surface area contributed by atoms with Crippen molar-refractivity contribution in [3.05, 3.63) is 82.8 Å². The number of benzene rings is 1. The summed E-state index contributed by atoms with van der Waals surface area (Å²) in [6.07, 6.45) is 7.15. The van der Waals surface area contributed by atoms with Crippen LogP contribution in [-0.4, -0.2) is 41.8 Å². The maximum atomic E-state index is 13.4. The summed E-state index contributed by atoms with van der Waals surface area (Å²) in [7, 11) is 0. The van der Waals surface area contributed by atoms with Crippen LogP contribution >= 0.6 is 0 Å². The summed E-state index contributed by atoms with van der Waals surface area (Å²) in [6, 6.07) is 6.05. The van der Waals surface area contributed by atoms with E-state index in [1.54, 1.807) is 16.8 Å². The van der Waals surface area contributed by atoms with Crippen molar-refractivity contribution in [2.75, 3.05) is 6.54 Å². The van der Waals surface area contributed by atoms with Gasteiger partial charge in [0.05, 0.1) is 25.5 Å². The Bertz CT molecular complexity index is 1220. The number of carbonyl (C=O) groups excluding carboxylic acids is 1. The zero-order valence-corrected chi connectivity index (χ0v) is 15.2. The minimum atomic E-state index is -0.360.